The molecule has 0 aliphatic heterocycles. The van der Waals surface area contributed by atoms with Crippen LogP contribution in [0.5, 0.6) is 17.2 Å². The molecule has 146 valence electrons. The minimum atomic E-state index is -1.29. The van der Waals surface area contributed by atoms with Crippen molar-refractivity contribution in [1.29, 1.82) is 0 Å². The number of carbonyl (C=O) groups excluding carboxylic acids is 2. The van der Waals surface area contributed by atoms with Crippen LogP contribution in [0.1, 0.15) is 68.8 Å². The van der Waals surface area contributed by atoms with Crippen molar-refractivity contribution >= 4 is 11.6 Å². The summed E-state index contributed by atoms with van der Waals surface area (Å²) in [6.45, 7) is 1.74. The van der Waals surface area contributed by atoms with Crippen molar-refractivity contribution < 1.29 is 34.8 Å². The summed E-state index contributed by atoms with van der Waals surface area (Å²) in [6.07, 6.45) is -1.07. The Balaban J connectivity index is 2.04. The van der Waals surface area contributed by atoms with Gasteiger partial charge in [0.05, 0.1) is 35.5 Å². The van der Waals surface area contributed by atoms with Crippen molar-refractivity contribution in [3.05, 3.63) is 51.6 Å². The van der Waals surface area contributed by atoms with Crippen LogP contribution in [0, 0.1) is 0 Å². The fraction of sp³-hybridized carbons (Fsp3) is 0.333. The third-order valence-electron chi connectivity index (χ3n) is 5.83. The Morgan fingerprint density at radius 1 is 1.11 bits per heavy atom. The number of benzene rings is 2. The highest BCUT2D eigenvalue weighted by molar-refractivity contribution is 6.31. The molecule has 4 rings (SSSR count). The molecule has 0 unspecified atom stereocenters. The van der Waals surface area contributed by atoms with Gasteiger partial charge in [0.25, 0.3) is 0 Å². The number of ketones is 2. The summed E-state index contributed by atoms with van der Waals surface area (Å²) in [4.78, 5) is 26.2. The molecule has 0 radical (unpaired) electrons. The van der Waals surface area contributed by atoms with Gasteiger partial charge in [-0.2, -0.15) is 0 Å². The van der Waals surface area contributed by atoms with E-state index in [0.717, 1.165) is 0 Å². The number of aliphatic hydroxyl groups excluding tert-OH is 1. The fourth-order valence-corrected chi connectivity index (χ4v) is 4.29. The number of rotatable bonds is 2. The van der Waals surface area contributed by atoms with Crippen molar-refractivity contribution in [3.8, 4) is 17.2 Å². The second kappa shape index (κ2) is 6.05. The Morgan fingerprint density at radius 2 is 1.79 bits per heavy atom. The predicted molar refractivity (Wildman–Crippen MR) is 98.2 cm³/mol. The van der Waals surface area contributed by atoms with Crippen LogP contribution in [0.15, 0.2) is 18.2 Å². The molecule has 0 aromatic heterocycles. The molecule has 2 aliphatic carbocycles. The van der Waals surface area contributed by atoms with Crippen LogP contribution in [0.3, 0.4) is 0 Å². The van der Waals surface area contributed by atoms with E-state index in [1.807, 2.05) is 0 Å². The van der Waals surface area contributed by atoms with Crippen LogP contribution in [-0.2, 0) is 6.42 Å². The lowest BCUT2D eigenvalue weighted by Gasteiger charge is -2.37. The Labute approximate surface area is 160 Å². The van der Waals surface area contributed by atoms with E-state index in [0.29, 0.717) is 6.42 Å². The third kappa shape index (κ3) is 2.30. The van der Waals surface area contributed by atoms with E-state index in [2.05, 4.69) is 0 Å². The van der Waals surface area contributed by atoms with E-state index in [4.69, 9.17) is 4.74 Å². The highest BCUT2D eigenvalue weighted by Crippen LogP contribution is 2.51. The lowest BCUT2D eigenvalue weighted by molar-refractivity contribution is -0.0260. The average molecular weight is 384 g/mol. The highest BCUT2D eigenvalue weighted by Gasteiger charge is 2.45. The Bertz CT molecular complexity index is 1040. The standard InChI is InChI=1S/C21H20O7/c1-3-21(27)7-10-13(11(22)8-21)19(25)16-15(18(10)24)17(23)9-5-4-6-12(28-2)14(9)20(16)26/h4-6,11,22,24-25,27H,3,7-8H2,1-2H3/t11-,21-/m0/s1. The minimum absolute atomic E-state index is 0.00696. The first-order valence-electron chi connectivity index (χ1n) is 9.01. The monoisotopic (exact) mass is 384 g/mol. The molecule has 0 saturated heterocycles. The fourth-order valence-electron chi connectivity index (χ4n) is 4.29. The number of carbonyl (C=O) groups is 2. The van der Waals surface area contributed by atoms with E-state index in [9.17, 15) is 30.0 Å². The van der Waals surface area contributed by atoms with Crippen LogP contribution in [0.4, 0.5) is 0 Å². The largest absolute Gasteiger partial charge is 0.507 e. The Morgan fingerprint density at radius 3 is 2.43 bits per heavy atom. The maximum absolute atomic E-state index is 13.1. The molecule has 0 saturated carbocycles. The summed E-state index contributed by atoms with van der Waals surface area (Å²) in [7, 11) is 1.36. The van der Waals surface area contributed by atoms with E-state index in [1.165, 1.54) is 19.2 Å². The van der Waals surface area contributed by atoms with E-state index in [1.54, 1.807) is 13.0 Å². The zero-order valence-electron chi connectivity index (χ0n) is 15.4. The van der Waals surface area contributed by atoms with Gasteiger partial charge in [-0.05, 0) is 12.5 Å². The van der Waals surface area contributed by atoms with Gasteiger partial charge in [0.2, 0.25) is 5.78 Å². The topological polar surface area (TPSA) is 124 Å². The molecule has 0 spiro atoms. The van der Waals surface area contributed by atoms with Crippen molar-refractivity contribution in [3.63, 3.8) is 0 Å². The summed E-state index contributed by atoms with van der Waals surface area (Å²) >= 11 is 0. The first-order chi connectivity index (χ1) is 13.2. The summed E-state index contributed by atoms with van der Waals surface area (Å²) in [5, 5.41) is 42.9. The molecule has 2 aromatic carbocycles. The first-order valence-corrected chi connectivity index (χ1v) is 9.01. The highest BCUT2D eigenvalue weighted by atomic mass is 16.5. The normalized spacial score (nSPS) is 23.1. The SMILES string of the molecule is CC[C@]1(O)Cc2c(O)c3c(c(O)c2[C@@H](O)C1)C(=O)c1c(OC)cccc1C3=O. The van der Waals surface area contributed by atoms with E-state index >= 15 is 0 Å². The molecule has 0 heterocycles. The molecule has 2 aromatic rings. The van der Waals surface area contributed by atoms with Gasteiger partial charge in [-0.15, -0.1) is 0 Å². The summed E-state index contributed by atoms with van der Waals surface area (Å²) < 4.78 is 5.19. The minimum Gasteiger partial charge on any atom is -0.507 e. The number of aromatic hydroxyl groups is 2. The Kier molecular flexibility index (Phi) is 3.99. The van der Waals surface area contributed by atoms with Gasteiger partial charge in [0.15, 0.2) is 5.78 Å². The molecule has 0 fully saturated rings. The molecule has 7 heteroatoms. The number of ether oxygens (including phenoxy) is 1. The van der Waals surface area contributed by atoms with E-state index < -0.39 is 34.8 Å². The third-order valence-corrected chi connectivity index (χ3v) is 5.83. The molecule has 0 bridgehead atoms. The summed E-state index contributed by atoms with van der Waals surface area (Å²) in [5.41, 5.74) is -1.80. The van der Waals surface area contributed by atoms with Crippen LogP contribution in [0.25, 0.3) is 0 Å². The number of aliphatic hydroxyl groups is 2. The molecule has 0 amide bonds. The van der Waals surface area contributed by atoms with Crippen LogP contribution < -0.4 is 4.74 Å². The van der Waals surface area contributed by atoms with E-state index in [-0.39, 0.29) is 52.0 Å². The first kappa shape index (κ1) is 18.5. The molecule has 2 atom stereocenters. The smallest absolute Gasteiger partial charge is 0.202 e. The number of methoxy groups -OCH3 is 1. The number of hydrogen-bond acceptors (Lipinski definition) is 7. The second-order valence-electron chi connectivity index (χ2n) is 7.36. The zero-order valence-corrected chi connectivity index (χ0v) is 15.4. The summed E-state index contributed by atoms with van der Waals surface area (Å²) in [5.74, 6) is -2.14. The average Bonchev–Trinajstić information content (AvgIpc) is 2.67. The van der Waals surface area contributed by atoms with Crippen molar-refractivity contribution in [2.75, 3.05) is 7.11 Å². The van der Waals surface area contributed by atoms with Crippen LogP contribution in [0.2, 0.25) is 0 Å². The molecule has 4 N–H and O–H groups in total. The molecular weight excluding hydrogens is 364 g/mol. The van der Waals surface area contributed by atoms with Crippen molar-refractivity contribution in [2.24, 2.45) is 0 Å². The number of phenols is 2. The lowest BCUT2D eigenvalue weighted by Crippen LogP contribution is -2.38. The van der Waals surface area contributed by atoms with Gasteiger partial charge in [0, 0.05) is 29.5 Å². The van der Waals surface area contributed by atoms with Crippen LogP contribution >= 0.6 is 0 Å². The quantitative estimate of drug-likeness (QED) is 0.498. The predicted octanol–water partition coefficient (Wildman–Crippen LogP) is 2.00. The number of phenolic OH excluding ortho intramolecular Hbond substituents is 2. The molecule has 2 aliphatic rings. The maximum atomic E-state index is 13.1. The van der Waals surface area contributed by atoms with Gasteiger partial charge in [-0.25, -0.2) is 0 Å². The number of fused-ring (bicyclic) bond motifs is 3. The van der Waals surface area contributed by atoms with Gasteiger partial charge in [-0.3, -0.25) is 9.59 Å². The zero-order chi connectivity index (χ0) is 20.4. The molecular formula is C21H20O7. The lowest BCUT2D eigenvalue weighted by atomic mass is 9.72. The van der Waals surface area contributed by atoms with Gasteiger partial charge in [-0.1, -0.05) is 19.1 Å². The van der Waals surface area contributed by atoms with Gasteiger partial charge >= 0.3 is 0 Å². The van der Waals surface area contributed by atoms with Gasteiger partial charge in [0.1, 0.15) is 17.2 Å². The van der Waals surface area contributed by atoms with Crippen LogP contribution in [-0.4, -0.2) is 44.7 Å². The maximum Gasteiger partial charge on any atom is 0.202 e. The molecule has 7 nitrogen and oxygen atoms in total. The second-order valence-corrected chi connectivity index (χ2v) is 7.36. The van der Waals surface area contributed by atoms with Crippen molar-refractivity contribution in [2.45, 2.75) is 37.9 Å². The summed E-state index contributed by atoms with van der Waals surface area (Å²) in [6, 6.07) is 4.54. The number of hydrogen-bond donors (Lipinski definition) is 4. The Hall–Kier alpha value is -2.90. The van der Waals surface area contributed by atoms with Crippen molar-refractivity contribution in [1.82, 2.24) is 0 Å². The van der Waals surface area contributed by atoms with Gasteiger partial charge < -0.3 is 25.2 Å². The molecule has 28 heavy (non-hydrogen) atoms.